The van der Waals surface area contributed by atoms with E-state index in [1.807, 2.05) is 27.7 Å². The highest BCUT2D eigenvalue weighted by Crippen LogP contribution is 2.23. The molecule has 8 aromatic rings. The molecule has 0 fully saturated rings. The number of aromatic nitrogens is 14. The highest BCUT2D eigenvalue weighted by atomic mass is 16.5. The van der Waals surface area contributed by atoms with Crippen molar-refractivity contribution in [2.45, 2.75) is 83.8 Å². The largest absolute Gasteiger partial charge is 0.481 e. The number of hydrogen-bond acceptors (Lipinski definition) is 19. The van der Waals surface area contributed by atoms with Crippen LogP contribution in [0.2, 0.25) is 0 Å². The number of imidazole rings is 4. The van der Waals surface area contributed by atoms with Crippen molar-refractivity contribution in [2.75, 3.05) is 71.2 Å². The second kappa shape index (κ2) is 33.5. The molecule has 8 rings (SSSR count). The summed E-state index contributed by atoms with van der Waals surface area (Å²) in [6.45, 7) is 7.92. The van der Waals surface area contributed by atoms with Gasteiger partial charge in [-0.1, -0.05) is 5.21 Å². The second-order valence-electron chi connectivity index (χ2n) is 25.3. The van der Waals surface area contributed by atoms with Gasteiger partial charge in [0, 0.05) is 170 Å². The molecule has 0 spiro atoms. The summed E-state index contributed by atoms with van der Waals surface area (Å²) in [4.78, 5) is 171. The van der Waals surface area contributed by atoms with Crippen LogP contribution in [0, 0.1) is 0 Å². The molecule has 8 heterocycles. The molecule has 103 heavy (non-hydrogen) atoms. The minimum absolute atomic E-state index is 0.0146. The molecule has 0 aliphatic carbocycles. The average Bonchev–Trinajstić information content (AvgIpc) is 1.68. The first kappa shape index (κ1) is 76.2. The molecule has 548 valence electrons. The normalized spacial score (nSPS) is 11.3. The highest BCUT2D eigenvalue weighted by Gasteiger charge is 2.28. The van der Waals surface area contributed by atoms with Crippen LogP contribution in [-0.4, -0.2) is 188 Å². The van der Waals surface area contributed by atoms with E-state index in [-0.39, 0.29) is 146 Å². The first-order valence-electron chi connectivity index (χ1n) is 32.3. The van der Waals surface area contributed by atoms with E-state index in [0.29, 0.717) is 24.4 Å². The van der Waals surface area contributed by atoms with Crippen molar-refractivity contribution in [1.29, 1.82) is 0 Å². The van der Waals surface area contributed by atoms with Crippen LogP contribution in [0.25, 0.3) is 0 Å². The van der Waals surface area contributed by atoms with E-state index in [2.05, 4.69) is 88.7 Å². The van der Waals surface area contributed by atoms with Crippen LogP contribution >= 0.6 is 0 Å². The number of carboxylic acids is 1. The van der Waals surface area contributed by atoms with Crippen LogP contribution in [0.1, 0.15) is 146 Å². The molecule has 12 N–H and O–H groups in total. The third-order valence-electron chi connectivity index (χ3n) is 15.7. The van der Waals surface area contributed by atoms with Crippen LogP contribution < -0.4 is 58.5 Å². The Morgan fingerprint density at radius 1 is 0.447 bits per heavy atom. The summed E-state index contributed by atoms with van der Waals surface area (Å²) in [6, 6.07) is 4.37. The van der Waals surface area contributed by atoms with Crippen molar-refractivity contribution >= 4 is 105 Å². The molecule has 0 aliphatic heterocycles. The fourth-order valence-corrected chi connectivity index (χ4v) is 10.2. The monoisotopic (exact) mass is 1430 g/mol. The Kier molecular flexibility index (Phi) is 24.8. The number of aryl methyl sites for hydroxylation is 7. The van der Waals surface area contributed by atoms with Gasteiger partial charge in [-0.3, -0.25) is 57.5 Å². The zero-order valence-electron chi connectivity index (χ0n) is 58.6. The van der Waals surface area contributed by atoms with E-state index >= 15 is 0 Å². The number of ether oxygens (including phenoxy) is 1. The van der Waals surface area contributed by atoms with Crippen molar-refractivity contribution in [2.24, 2.45) is 49.3 Å². The second-order valence-corrected chi connectivity index (χ2v) is 25.3. The Morgan fingerprint density at radius 3 is 1.39 bits per heavy atom. The molecule has 39 heteroatoms. The summed E-state index contributed by atoms with van der Waals surface area (Å²) in [5.74, 6) is -6.39. The Bertz CT molecular complexity index is 4510. The molecule has 0 unspecified atom stereocenters. The highest BCUT2D eigenvalue weighted by molar-refractivity contribution is 6.06. The van der Waals surface area contributed by atoms with E-state index in [0.717, 1.165) is 0 Å². The molecule has 0 aliphatic rings. The lowest BCUT2D eigenvalue weighted by atomic mass is 10.0. The first-order valence-corrected chi connectivity index (χ1v) is 32.3. The average molecular weight is 1430 g/mol. The van der Waals surface area contributed by atoms with Crippen LogP contribution in [0.5, 0.6) is 0 Å². The lowest BCUT2D eigenvalue weighted by molar-refractivity contribution is -0.136. The van der Waals surface area contributed by atoms with Gasteiger partial charge in [0.1, 0.15) is 17.1 Å². The maximum atomic E-state index is 13.4. The number of nitrogens with one attached hydrogen (secondary N) is 11. The van der Waals surface area contributed by atoms with Crippen LogP contribution in [0.3, 0.4) is 0 Å². The molecule has 0 atom stereocenters. The van der Waals surface area contributed by atoms with Gasteiger partial charge in [0.25, 0.3) is 41.4 Å². The molecule has 0 saturated carbocycles. The van der Waals surface area contributed by atoms with Gasteiger partial charge in [0.05, 0.1) is 40.3 Å². The number of hydrogen-bond donors (Lipinski definition) is 12. The lowest BCUT2D eigenvalue weighted by Crippen LogP contribution is -2.42. The van der Waals surface area contributed by atoms with Gasteiger partial charge in [-0.15, -0.1) is 5.10 Å². The van der Waals surface area contributed by atoms with Crippen molar-refractivity contribution in [3.63, 3.8) is 0 Å². The Balaban J connectivity index is 0.678. The Hall–Kier alpha value is -12.6. The summed E-state index contributed by atoms with van der Waals surface area (Å²) in [5.41, 5.74) is 0.574. The third-order valence-corrected chi connectivity index (χ3v) is 15.7. The van der Waals surface area contributed by atoms with E-state index in [1.165, 1.54) is 82.8 Å². The van der Waals surface area contributed by atoms with Crippen LogP contribution in [0.4, 0.5) is 34.5 Å². The molecule has 8 aromatic heterocycles. The van der Waals surface area contributed by atoms with Gasteiger partial charge in [-0.2, -0.15) is 0 Å². The summed E-state index contributed by atoms with van der Waals surface area (Å²) >= 11 is 0. The Labute approximate surface area is 588 Å². The Morgan fingerprint density at radius 2 is 0.883 bits per heavy atom. The van der Waals surface area contributed by atoms with E-state index < -0.39 is 76.2 Å². The molecule has 0 aromatic carbocycles. The fraction of sp³-hybridized carbons (Fsp3) is 0.406. The molecule has 0 bridgehead atoms. The van der Waals surface area contributed by atoms with Crippen molar-refractivity contribution in [3.8, 4) is 0 Å². The number of rotatable bonds is 35. The third kappa shape index (κ3) is 21.2. The van der Waals surface area contributed by atoms with Gasteiger partial charge in [-0.05, 0) is 58.7 Å². The van der Waals surface area contributed by atoms with Crippen LogP contribution in [-0.2, 0) is 90.0 Å². The number of nitrogens with zero attached hydrogens (tertiary/aromatic N) is 14. The molecule has 0 radical (unpaired) electrons. The molecule has 11 amide bonds. The smallest absolute Gasteiger partial charge is 0.309 e. The zero-order chi connectivity index (χ0) is 75.0. The first-order chi connectivity index (χ1) is 48.7. The standard InChI is InChI=1S/C64H83N25O14/c1-63(2,89-32-40(80-81-89)28-51(94)95)17-24-103-64(3,4)36-70-47(90)14-19-68-60(100)54-78-46(35-87(54)10)79-58(98)43-25-37(29-85(43)8)71-49(92)15-21-69-59(99)53-76-44(33-86(53)9)74-48(91)13-12-18-66-56(96)41-27-39(31-83(41)6)73-62(102)55-77-45(34-88(55)11)75-50(93)16-20-67-57(97)42-26-38(30-84(42)7)72-61(101)52-65-22-23-82(52)5/h22-23,25-27,29-35H,12-21,24,28,36H2,1-11H3,(H,66,96)(H,67,97)(H,68,100)(H,69,99)(H,70,90)(H,71,92)(H,72,101)(H,73,102)(H,74,91)(H,75,93)(H,79,98)(H,94,95). The summed E-state index contributed by atoms with van der Waals surface area (Å²) in [5, 5.41) is 46.5. The summed E-state index contributed by atoms with van der Waals surface area (Å²) in [6.07, 6.45) is 13.8. The van der Waals surface area contributed by atoms with E-state index in [9.17, 15) is 57.5 Å². The minimum Gasteiger partial charge on any atom is -0.481 e. The SMILES string of the molecule is Cn1cc(NC(=O)c2nc(NC(=O)CCNC(=O)c3cc(NC(=O)c4nccn4C)cn3C)cn2C)cc1C(=O)NCCCC(=O)Nc1cn(C)c(C(=O)NCCC(=O)Nc2cc(C(=O)Nc3cn(C)c(C(=O)NCCC(=O)NCC(C)(C)OCCC(C)(C)n4cc(CC(=O)O)nn4)n3)n(C)c2)n1. The molecule has 39 nitrogen and oxygen atoms in total. The maximum absolute atomic E-state index is 13.4. The number of carbonyl (C=O) groups excluding carboxylic acids is 11. The maximum Gasteiger partial charge on any atom is 0.309 e. The lowest BCUT2D eigenvalue weighted by Gasteiger charge is -2.29. The molecular formula is C64H83N25O14. The quantitative estimate of drug-likeness (QED) is 0.0248. The number of amides is 11. The van der Waals surface area contributed by atoms with Crippen LogP contribution in [0.15, 0.2) is 74.0 Å². The number of aliphatic carboxylic acids is 1. The van der Waals surface area contributed by atoms with Gasteiger partial charge in [0.2, 0.25) is 41.1 Å². The predicted octanol–water partition coefficient (Wildman–Crippen LogP) is 1.13. The van der Waals surface area contributed by atoms with E-state index in [1.54, 1.807) is 77.2 Å². The topological polar surface area (TPSA) is 483 Å². The summed E-state index contributed by atoms with van der Waals surface area (Å²) < 4.78 is 17.9. The molecular weight excluding hydrogens is 1340 g/mol. The van der Waals surface area contributed by atoms with Crippen molar-refractivity contribution in [1.82, 2.24) is 93.5 Å². The number of carbonyl (C=O) groups is 12. The fourth-order valence-electron chi connectivity index (χ4n) is 10.2. The van der Waals surface area contributed by atoms with E-state index in [4.69, 9.17) is 9.84 Å². The predicted molar refractivity (Wildman–Crippen MR) is 370 cm³/mol. The number of anilines is 6. The van der Waals surface area contributed by atoms with Gasteiger partial charge in [0.15, 0.2) is 23.3 Å². The van der Waals surface area contributed by atoms with Gasteiger partial charge in [-0.25, -0.2) is 24.6 Å². The minimum atomic E-state index is -1.00. The number of carboxylic acid groups (broad SMARTS) is 1. The molecule has 0 saturated heterocycles. The van der Waals surface area contributed by atoms with Gasteiger partial charge >= 0.3 is 5.97 Å². The van der Waals surface area contributed by atoms with Gasteiger partial charge < -0.3 is 100 Å². The zero-order valence-corrected chi connectivity index (χ0v) is 58.6. The summed E-state index contributed by atoms with van der Waals surface area (Å²) in [7, 11) is 11.2. The van der Waals surface area contributed by atoms with Crippen molar-refractivity contribution in [3.05, 3.63) is 120 Å². The van der Waals surface area contributed by atoms with Crippen molar-refractivity contribution < 1.29 is 67.4 Å².